The predicted octanol–water partition coefficient (Wildman–Crippen LogP) is 1.33. The van der Waals surface area contributed by atoms with E-state index < -0.39 is 0 Å². The first-order valence-corrected chi connectivity index (χ1v) is 6.92. The fourth-order valence-corrected chi connectivity index (χ4v) is 2.38. The van der Waals surface area contributed by atoms with Gasteiger partial charge in [-0.1, -0.05) is 29.8 Å². The number of nitrogens with one attached hydrogen (secondary N) is 2. The summed E-state index contributed by atoms with van der Waals surface area (Å²) in [5.74, 6) is 0.107. The molecule has 1 heterocycles. The minimum Gasteiger partial charge on any atom is -0.351 e. The molecule has 1 fully saturated rings. The van der Waals surface area contributed by atoms with Crippen LogP contribution in [0.25, 0.3) is 0 Å². The number of halogens is 1. The Bertz CT molecular complexity index is 439. The van der Waals surface area contributed by atoms with Crippen molar-refractivity contribution in [2.45, 2.75) is 26.4 Å². The smallest absolute Gasteiger partial charge is 0.234 e. The standard InChI is InChI=1S/C15H23N3O.ClH/c1-12-4-3-5-14(8-12)10-17-15(19)11-18-7-6-16-9-13(18)2;/h3-5,8,13,16H,6-7,9-11H2,1-2H3,(H,17,19);1H/t13-;/m1./s1. The number of nitrogens with zero attached hydrogens (tertiary/aromatic N) is 1. The molecular weight excluding hydrogens is 274 g/mol. The van der Waals surface area contributed by atoms with Crippen molar-refractivity contribution in [1.29, 1.82) is 0 Å². The largest absolute Gasteiger partial charge is 0.351 e. The van der Waals surface area contributed by atoms with Crippen LogP contribution in [0, 0.1) is 6.92 Å². The molecular formula is C15H24ClN3O. The zero-order valence-corrected chi connectivity index (χ0v) is 13.0. The van der Waals surface area contributed by atoms with Gasteiger partial charge in [0.1, 0.15) is 0 Å². The second kappa shape index (κ2) is 8.25. The lowest BCUT2D eigenvalue weighted by molar-refractivity contribution is -0.123. The van der Waals surface area contributed by atoms with E-state index in [1.54, 1.807) is 0 Å². The molecule has 5 heteroatoms. The van der Waals surface area contributed by atoms with Crippen molar-refractivity contribution in [3.63, 3.8) is 0 Å². The Morgan fingerprint density at radius 1 is 1.50 bits per heavy atom. The number of carbonyl (C=O) groups is 1. The van der Waals surface area contributed by atoms with Crippen molar-refractivity contribution in [3.8, 4) is 0 Å². The molecule has 1 aliphatic rings. The number of carbonyl (C=O) groups excluding carboxylic acids is 1. The molecule has 112 valence electrons. The molecule has 0 unspecified atom stereocenters. The van der Waals surface area contributed by atoms with Crippen molar-refractivity contribution in [2.24, 2.45) is 0 Å². The van der Waals surface area contributed by atoms with Crippen LogP contribution in [-0.4, -0.2) is 43.0 Å². The average Bonchev–Trinajstić information content (AvgIpc) is 2.39. The molecule has 1 saturated heterocycles. The van der Waals surface area contributed by atoms with Gasteiger partial charge in [-0.25, -0.2) is 0 Å². The van der Waals surface area contributed by atoms with Gasteiger partial charge in [0.05, 0.1) is 6.54 Å². The molecule has 1 amide bonds. The van der Waals surface area contributed by atoms with E-state index in [-0.39, 0.29) is 18.3 Å². The summed E-state index contributed by atoms with van der Waals surface area (Å²) in [6.07, 6.45) is 0. The quantitative estimate of drug-likeness (QED) is 0.881. The van der Waals surface area contributed by atoms with Gasteiger partial charge < -0.3 is 10.6 Å². The first-order valence-electron chi connectivity index (χ1n) is 6.92. The predicted molar refractivity (Wildman–Crippen MR) is 84.2 cm³/mol. The molecule has 4 nitrogen and oxygen atoms in total. The maximum absolute atomic E-state index is 11.9. The minimum atomic E-state index is 0. The second-order valence-electron chi connectivity index (χ2n) is 5.29. The highest BCUT2D eigenvalue weighted by atomic mass is 35.5. The summed E-state index contributed by atoms with van der Waals surface area (Å²) in [5.41, 5.74) is 2.38. The van der Waals surface area contributed by atoms with Crippen LogP contribution in [-0.2, 0) is 11.3 Å². The third-order valence-corrected chi connectivity index (χ3v) is 3.56. The number of benzene rings is 1. The molecule has 2 rings (SSSR count). The van der Waals surface area contributed by atoms with Gasteiger partial charge >= 0.3 is 0 Å². The van der Waals surface area contributed by atoms with Crippen molar-refractivity contribution < 1.29 is 4.79 Å². The summed E-state index contributed by atoms with van der Waals surface area (Å²) in [4.78, 5) is 14.2. The molecule has 1 aromatic carbocycles. The Kier molecular flexibility index (Phi) is 6.99. The van der Waals surface area contributed by atoms with Gasteiger partial charge in [0, 0.05) is 32.2 Å². The summed E-state index contributed by atoms with van der Waals surface area (Å²) >= 11 is 0. The van der Waals surface area contributed by atoms with Gasteiger partial charge in [-0.05, 0) is 19.4 Å². The van der Waals surface area contributed by atoms with Crippen LogP contribution < -0.4 is 10.6 Å². The Hall–Kier alpha value is -1.10. The van der Waals surface area contributed by atoms with E-state index in [9.17, 15) is 4.79 Å². The van der Waals surface area contributed by atoms with Gasteiger partial charge in [0.15, 0.2) is 0 Å². The zero-order valence-electron chi connectivity index (χ0n) is 12.2. The number of rotatable bonds is 4. The van der Waals surface area contributed by atoms with Crippen LogP contribution in [0.4, 0.5) is 0 Å². The molecule has 0 aliphatic carbocycles. The summed E-state index contributed by atoms with van der Waals surface area (Å²) < 4.78 is 0. The normalized spacial score (nSPS) is 19.2. The average molecular weight is 298 g/mol. The van der Waals surface area contributed by atoms with E-state index in [1.807, 2.05) is 12.1 Å². The molecule has 1 aromatic rings. The lowest BCUT2D eigenvalue weighted by Crippen LogP contribution is -2.52. The maximum atomic E-state index is 11.9. The van der Waals surface area contributed by atoms with Gasteiger partial charge in [-0.2, -0.15) is 0 Å². The highest BCUT2D eigenvalue weighted by Gasteiger charge is 2.19. The molecule has 0 bridgehead atoms. The van der Waals surface area contributed by atoms with Gasteiger partial charge in [0.25, 0.3) is 0 Å². The summed E-state index contributed by atoms with van der Waals surface area (Å²) in [6.45, 7) is 8.20. The fraction of sp³-hybridized carbons (Fsp3) is 0.533. The monoisotopic (exact) mass is 297 g/mol. The molecule has 1 atom stereocenters. The van der Waals surface area contributed by atoms with E-state index in [0.29, 0.717) is 19.1 Å². The zero-order chi connectivity index (χ0) is 13.7. The van der Waals surface area contributed by atoms with Crippen LogP contribution in [0.2, 0.25) is 0 Å². The summed E-state index contributed by atoms with van der Waals surface area (Å²) in [7, 11) is 0. The Balaban J connectivity index is 0.00000200. The third kappa shape index (κ3) is 5.12. The molecule has 0 aromatic heterocycles. The number of hydrogen-bond acceptors (Lipinski definition) is 3. The molecule has 1 aliphatic heterocycles. The van der Waals surface area contributed by atoms with E-state index in [2.05, 4.69) is 41.5 Å². The Morgan fingerprint density at radius 3 is 3.00 bits per heavy atom. The molecule has 2 N–H and O–H groups in total. The highest BCUT2D eigenvalue weighted by Crippen LogP contribution is 2.04. The first-order chi connectivity index (χ1) is 9.15. The van der Waals surface area contributed by atoms with Crippen molar-refractivity contribution >= 4 is 18.3 Å². The second-order valence-corrected chi connectivity index (χ2v) is 5.29. The van der Waals surface area contributed by atoms with Crippen molar-refractivity contribution in [3.05, 3.63) is 35.4 Å². The molecule has 20 heavy (non-hydrogen) atoms. The lowest BCUT2D eigenvalue weighted by atomic mass is 10.1. The number of aryl methyl sites for hydroxylation is 1. The van der Waals surface area contributed by atoms with E-state index in [4.69, 9.17) is 0 Å². The van der Waals surface area contributed by atoms with Crippen LogP contribution in [0.3, 0.4) is 0 Å². The van der Waals surface area contributed by atoms with Gasteiger partial charge in [-0.15, -0.1) is 12.4 Å². The van der Waals surface area contributed by atoms with E-state index >= 15 is 0 Å². The molecule has 0 spiro atoms. The van der Waals surface area contributed by atoms with E-state index in [0.717, 1.165) is 25.2 Å². The van der Waals surface area contributed by atoms with Crippen LogP contribution in [0.15, 0.2) is 24.3 Å². The first kappa shape index (κ1) is 17.0. The molecule has 0 saturated carbocycles. The number of amides is 1. The minimum absolute atomic E-state index is 0. The third-order valence-electron chi connectivity index (χ3n) is 3.56. The highest BCUT2D eigenvalue weighted by molar-refractivity contribution is 5.85. The summed E-state index contributed by atoms with van der Waals surface area (Å²) in [6, 6.07) is 8.66. The van der Waals surface area contributed by atoms with E-state index in [1.165, 1.54) is 5.56 Å². The molecule has 0 radical (unpaired) electrons. The van der Waals surface area contributed by atoms with Gasteiger partial charge in [0.2, 0.25) is 5.91 Å². The lowest BCUT2D eigenvalue weighted by Gasteiger charge is -2.33. The topological polar surface area (TPSA) is 44.4 Å². The number of hydrogen-bond donors (Lipinski definition) is 2. The van der Waals surface area contributed by atoms with Crippen LogP contribution in [0.5, 0.6) is 0 Å². The van der Waals surface area contributed by atoms with Crippen molar-refractivity contribution in [2.75, 3.05) is 26.2 Å². The van der Waals surface area contributed by atoms with Crippen LogP contribution >= 0.6 is 12.4 Å². The fourth-order valence-electron chi connectivity index (χ4n) is 2.38. The maximum Gasteiger partial charge on any atom is 0.234 e. The number of piperazine rings is 1. The van der Waals surface area contributed by atoms with Gasteiger partial charge in [-0.3, -0.25) is 9.69 Å². The Morgan fingerprint density at radius 2 is 2.30 bits per heavy atom. The van der Waals surface area contributed by atoms with Crippen molar-refractivity contribution in [1.82, 2.24) is 15.5 Å². The SMILES string of the molecule is Cc1cccc(CNC(=O)CN2CCNC[C@H]2C)c1.Cl. The Labute approximate surface area is 127 Å². The summed E-state index contributed by atoms with van der Waals surface area (Å²) in [5, 5.41) is 6.32. The van der Waals surface area contributed by atoms with Crippen LogP contribution in [0.1, 0.15) is 18.1 Å².